The average Bonchev–Trinajstić information content (AvgIpc) is 2.90. The highest BCUT2D eigenvalue weighted by Gasteiger charge is 2.20. The van der Waals surface area contributed by atoms with Crippen molar-refractivity contribution in [1.29, 1.82) is 0 Å². The summed E-state index contributed by atoms with van der Waals surface area (Å²) < 4.78 is 32.4. The lowest BCUT2D eigenvalue weighted by atomic mass is 10.2. The van der Waals surface area contributed by atoms with Gasteiger partial charge in [-0.15, -0.1) is 0 Å². The molecule has 0 saturated carbocycles. The molecule has 1 N–H and O–H groups in total. The Hall–Kier alpha value is -0.560. The highest BCUT2D eigenvalue weighted by atomic mass is 32.2. The van der Waals surface area contributed by atoms with Gasteiger partial charge in [-0.05, 0) is 36.8 Å². The first-order valence-corrected chi connectivity index (χ1v) is 9.18. The second kappa shape index (κ2) is 6.74. The molecule has 1 fully saturated rings. The fourth-order valence-electron chi connectivity index (χ4n) is 2.06. The van der Waals surface area contributed by atoms with Crippen LogP contribution in [-0.2, 0) is 20.5 Å². The maximum atomic E-state index is 12.2. The van der Waals surface area contributed by atoms with Gasteiger partial charge in [0.2, 0.25) is 10.0 Å². The van der Waals surface area contributed by atoms with Crippen LogP contribution < -0.4 is 4.72 Å². The molecule has 0 unspecified atom stereocenters. The third-order valence-electron chi connectivity index (χ3n) is 3.04. The number of ether oxygens (including phenoxy) is 1. The second-order valence-corrected chi connectivity index (χ2v) is 7.20. The molecule has 1 atom stereocenters. The maximum absolute atomic E-state index is 12.2. The normalized spacial score (nSPS) is 19.7. The first kappa shape index (κ1) is 14.8. The summed E-state index contributed by atoms with van der Waals surface area (Å²) in [6, 6.07) is 7.08. The van der Waals surface area contributed by atoms with E-state index in [0.29, 0.717) is 11.4 Å². The summed E-state index contributed by atoms with van der Waals surface area (Å²) in [6.45, 7) is 1.09. The topological polar surface area (TPSA) is 55.4 Å². The summed E-state index contributed by atoms with van der Waals surface area (Å²) in [5, 5.41) is 0. The summed E-state index contributed by atoms with van der Waals surface area (Å²) in [6.07, 6.45) is 3.95. The molecule has 19 heavy (non-hydrogen) atoms. The molecule has 0 aromatic heterocycles. The Balaban J connectivity index is 2.03. The van der Waals surface area contributed by atoms with Crippen molar-refractivity contribution in [2.75, 3.05) is 19.4 Å². The highest BCUT2D eigenvalue weighted by molar-refractivity contribution is 7.97. The van der Waals surface area contributed by atoms with Gasteiger partial charge in [-0.1, -0.05) is 12.1 Å². The zero-order valence-corrected chi connectivity index (χ0v) is 12.6. The van der Waals surface area contributed by atoms with Crippen LogP contribution in [0.15, 0.2) is 29.2 Å². The van der Waals surface area contributed by atoms with Gasteiger partial charge in [0.1, 0.15) is 0 Å². The molecule has 0 amide bonds. The van der Waals surface area contributed by atoms with Gasteiger partial charge >= 0.3 is 0 Å². The van der Waals surface area contributed by atoms with E-state index < -0.39 is 10.0 Å². The number of thioether (sulfide) groups is 1. The molecule has 1 aliphatic heterocycles. The van der Waals surface area contributed by atoms with E-state index in [4.69, 9.17) is 4.74 Å². The van der Waals surface area contributed by atoms with Crippen molar-refractivity contribution in [3.8, 4) is 0 Å². The van der Waals surface area contributed by atoms with Crippen LogP contribution in [0.25, 0.3) is 0 Å². The quantitative estimate of drug-likeness (QED) is 0.873. The Kier molecular flexibility index (Phi) is 5.27. The van der Waals surface area contributed by atoms with Crippen LogP contribution in [0.3, 0.4) is 0 Å². The second-order valence-electron chi connectivity index (χ2n) is 4.57. The van der Waals surface area contributed by atoms with E-state index in [1.54, 1.807) is 30.0 Å². The summed E-state index contributed by atoms with van der Waals surface area (Å²) in [4.78, 5) is 0.331. The monoisotopic (exact) mass is 301 g/mol. The third kappa shape index (κ3) is 4.21. The van der Waals surface area contributed by atoms with Crippen molar-refractivity contribution in [3.63, 3.8) is 0 Å². The van der Waals surface area contributed by atoms with Crippen molar-refractivity contribution < 1.29 is 13.2 Å². The van der Waals surface area contributed by atoms with Crippen LogP contribution in [0.1, 0.15) is 18.4 Å². The molecule has 6 heteroatoms. The van der Waals surface area contributed by atoms with Gasteiger partial charge in [0.15, 0.2) is 0 Å². The van der Waals surface area contributed by atoms with E-state index in [9.17, 15) is 8.42 Å². The lowest BCUT2D eigenvalue weighted by Gasteiger charge is -2.12. The SMILES string of the molecule is CSCc1cccc(S(=O)(=O)NC[C@H]2CCCO2)c1. The van der Waals surface area contributed by atoms with Crippen LogP contribution in [0, 0.1) is 0 Å². The van der Waals surface area contributed by atoms with Gasteiger partial charge in [0.25, 0.3) is 0 Å². The van der Waals surface area contributed by atoms with Gasteiger partial charge in [-0.2, -0.15) is 11.8 Å². The summed E-state index contributed by atoms with van der Waals surface area (Å²) in [5.74, 6) is 0.815. The number of nitrogens with one attached hydrogen (secondary N) is 1. The molecule has 106 valence electrons. The van der Waals surface area contributed by atoms with Crippen molar-refractivity contribution in [1.82, 2.24) is 4.72 Å². The third-order valence-corrected chi connectivity index (χ3v) is 5.09. The van der Waals surface area contributed by atoms with Crippen molar-refractivity contribution in [2.24, 2.45) is 0 Å². The predicted molar refractivity (Wildman–Crippen MR) is 77.8 cm³/mol. The van der Waals surface area contributed by atoms with Crippen LogP contribution in [-0.4, -0.2) is 33.9 Å². The Bertz CT molecular complexity index is 510. The minimum absolute atomic E-state index is 0.0177. The van der Waals surface area contributed by atoms with Crippen molar-refractivity contribution in [2.45, 2.75) is 29.6 Å². The largest absolute Gasteiger partial charge is 0.377 e. The van der Waals surface area contributed by atoms with Crippen LogP contribution in [0.5, 0.6) is 0 Å². The summed E-state index contributed by atoms with van der Waals surface area (Å²) in [7, 11) is -3.43. The Morgan fingerprint density at radius 3 is 3.00 bits per heavy atom. The molecule has 0 aliphatic carbocycles. The number of benzene rings is 1. The van der Waals surface area contributed by atoms with Crippen molar-refractivity contribution >= 4 is 21.8 Å². The number of sulfonamides is 1. The molecule has 2 rings (SSSR count). The minimum Gasteiger partial charge on any atom is -0.377 e. The molecule has 1 aromatic rings. The smallest absolute Gasteiger partial charge is 0.240 e. The maximum Gasteiger partial charge on any atom is 0.240 e. The number of rotatable bonds is 6. The van der Waals surface area contributed by atoms with Crippen LogP contribution in [0.2, 0.25) is 0 Å². The van der Waals surface area contributed by atoms with E-state index in [1.807, 2.05) is 12.3 Å². The lowest BCUT2D eigenvalue weighted by molar-refractivity contribution is 0.114. The van der Waals surface area contributed by atoms with Crippen LogP contribution in [0.4, 0.5) is 0 Å². The standard InChI is InChI=1S/C13H19NO3S2/c1-18-10-11-4-2-6-13(8-11)19(15,16)14-9-12-5-3-7-17-12/h2,4,6,8,12,14H,3,5,7,9-10H2,1H3/t12-/m1/s1. The molecule has 0 bridgehead atoms. The minimum atomic E-state index is -3.43. The molecular formula is C13H19NO3S2. The van der Waals surface area contributed by atoms with Gasteiger partial charge in [-0.3, -0.25) is 0 Å². The molecule has 1 saturated heterocycles. The Labute approximate surface area is 119 Å². The zero-order chi connectivity index (χ0) is 13.7. The first-order chi connectivity index (χ1) is 9.12. The Morgan fingerprint density at radius 2 is 2.32 bits per heavy atom. The van der Waals surface area contributed by atoms with Crippen molar-refractivity contribution in [3.05, 3.63) is 29.8 Å². The molecule has 0 radical (unpaired) electrons. The first-order valence-electron chi connectivity index (χ1n) is 6.31. The zero-order valence-electron chi connectivity index (χ0n) is 11.0. The van der Waals surface area contributed by atoms with E-state index in [2.05, 4.69) is 4.72 Å². The van der Waals surface area contributed by atoms with E-state index in [1.165, 1.54) is 0 Å². The average molecular weight is 301 g/mol. The van der Waals surface area contributed by atoms with Gasteiger partial charge in [-0.25, -0.2) is 13.1 Å². The molecular weight excluding hydrogens is 282 g/mol. The van der Waals surface area contributed by atoms with E-state index >= 15 is 0 Å². The fraction of sp³-hybridized carbons (Fsp3) is 0.538. The summed E-state index contributed by atoms with van der Waals surface area (Å²) >= 11 is 1.67. The van der Waals surface area contributed by atoms with Gasteiger partial charge in [0, 0.05) is 18.9 Å². The Morgan fingerprint density at radius 1 is 1.47 bits per heavy atom. The molecule has 1 heterocycles. The van der Waals surface area contributed by atoms with Gasteiger partial charge in [0.05, 0.1) is 11.0 Å². The number of hydrogen-bond acceptors (Lipinski definition) is 4. The predicted octanol–water partition coefficient (Wildman–Crippen LogP) is 2.01. The summed E-state index contributed by atoms with van der Waals surface area (Å²) in [5.41, 5.74) is 1.02. The van der Waals surface area contributed by atoms with Gasteiger partial charge < -0.3 is 4.74 Å². The van der Waals surface area contributed by atoms with E-state index in [0.717, 1.165) is 30.8 Å². The molecule has 1 aliphatic rings. The number of hydrogen-bond donors (Lipinski definition) is 1. The van der Waals surface area contributed by atoms with Crippen LogP contribution >= 0.6 is 11.8 Å². The van der Waals surface area contributed by atoms with E-state index in [-0.39, 0.29) is 6.10 Å². The molecule has 1 aromatic carbocycles. The molecule has 0 spiro atoms. The molecule has 4 nitrogen and oxygen atoms in total. The lowest BCUT2D eigenvalue weighted by Crippen LogP contribution is -2.31. The highest BCUT2D eigenvalue weighted by Crippen LogP contribution is 2.16. The fourth-order valence-corrected chi connectivity index (χ4v) is 3.71.